The molecule has 1 aromatic rings. The first kappa shape index (κ1) is 13.8. The first-order valence-corrected chi connectivity index (χ1v) is 5.32. The summed E-state index contributed by atoms with van der Waals surface area (Å²) in [6.07, 6.45) is 0.765. The van der Waals surface area contributed by atoms with Crippen LogP contribution in [0.5, 0.6) is 11.5 Å². The Kier molecular flexibility index (Phi) is 5.28. The molecule has 2 N–H and O–H groups in total. The van der Waals surface area contributed by atoms with E-state index in [1.165, 1.54) is 14.2 Å². The normalized spacial score (nSPS) is 10.2. The molecule has 0 atom stereocenters. The van der Waals surface area contributed by atoms with Gasteiger partial charge in [-0.3, -0.25) is 0 Å². The summed E-state index contributed by atoms with van der Waals surface area (Å²) in [6.45, 7) is 1.99. The van der Waals surface area contributed by atoms with Crippen molar-refractivity contribution < 1.29 is 24.3 Å². The van der Waals surface area contributed by atoms with Gasteiger partial charge in [0.15, 0.2) is 18.3 Å². The highest BCUT2D eigenvalue weighted by atomic mass is 16.7. The van der Waals surface area contributed by atoms with Crippen molar-refractivity contribution in [1.29, 1.82) is 0 Å². The zero-order valence-electron chi connectivity index (χ0n) is 10.3. The van der Waals surface area contributed by atoms with E-state index in [9.17, 15) is 10.0 Å². The predicted molar refractivity (Wildman–Crippen MR) is 64.7 cm³/mol. The second kappa shape index (κ2) is 6.49. The molecule has 5 nitrogen and oxygen atoms in total. The van der Waals surface area contributed by atoms with Crippen LogP contribution in [-0.2, 0) is 11.2 Å². The summed E-state index contributed by atoms with van der Waals surface area (Å²) in [4.78, 5) is 0. The summed E-state index contributed by atoms with van der Waals surface area (Å²) in [5.74, 6) is 0.756. The van der Waals surface area contributed by atoms with E-state index in [4.69, 9.17) is 14.2 Å². The molecule has 0 heterocycles. The second-order valence-electron chi connectivity index (χ2n) is 3.49. The molecule has 94 valence electrons. The van der Waals surface area contributed by atoms with Crippen molar-refractivity contribution in [1.82, 2.24) is 0 Å². The van der Waals surface area contributed by atoms with Crippen molar-refractivity contribution in [3.05, 3.63) is 17.7 Å². The monoisotopic (exact) mass is 240 g/mol. The summed E-state index contributed by atoms with van der Waals surface area (Å²) >= 11 is 0. The molecule has 6 heteroatoms. The van der Waals surface area contributed by atoms with Gasteiger partial charge in [0.25, 0.3) is 0 Å². The van der Waals surface area contributed by atoms with Crippen LogP contribution >= 0.6 is 0 Å². The lowest BCUT2D eigenvalue weighted by Crippen LogP contribution is -2.32. The molecule has 1 rings (SSSR count). The van der Waals surface area contributed by atoms with Gasteiger partial charge in [-0.1, -0.05) is 13.0 Å². The Balaban J connectivity index is 3.20. The van der Waals surface area contributed by atoms with Gasteiger partial charge in [0.1, 0.15) is 0 Å². The standard InChI is InChI=1S/C11H17BO5/c1-4-8-5-9(12(13)14)11(17-7-15-2)10(6-8)16-3/h5-6,13-14H,4,7H2,1-3H3. The third kappa shape index (κ3) is 3.36. The van der Waals surface area contributed by atoms with Gasteiger partial charge >= 0.3 is 7.12 Å². The minimum absolute atomic E-state index is 0.0154. The van der Waals surface area contributed by atoms with Crippen LogP contribution in [-0.4, -0.2) is 38.2 Å². The first-order valence-electron chi connectivity index (χ1n) is 5.32. The smallest absolute Gasteiger partial charge is 0.492 e. The molecule has 0 fully saturated rings. The highest BCUT2D eigenvalue weighted by molar-refractivity contribution is 6.60. The summed E-state index contributed by atoms with van der Waals surface area (Å²) in [5.41, 5.74) is 1.22. The average molecular weight is 240 g/mol. The van der Waals surface area contributed by atoms with Gasteiger partial charge in [-0.2, -0.15) is 0 Å². The number of rotatable bonds is 6. The number of hydrogen-bond donors (Lipinski definition) is 2. The summed E-state index contributed by atoms with van der Waals surface area (Å²) < 4.78 is 15.3. The van der Waals surface area contributed by atoms with Crippen molar-refractivity contribution >= 4 is 12.6 Å². The molecule has 0 aromatic heterocycles. The summed E-state index contributed by atoms with van der Waals surface area (Å²) in [7, 11) is 1.38. The van der Waals surface area contributed by atoms with Crippen LogP contribution in [0.25, 0.3) is 0 Å². The van der Waals surface area contributed by atoms with Crippen LogP contribution in [0.15, 0.2) is 12.1 Å². The molecular formula is C11H17BO5. The summed E-state index contributed by atoms with van der Waals surface area (Å²) in [5, 5.41) is 18.6. The lowest BCUT2D eigenvalue weighted by atomic mass is 9.78. The fourth-order valence-electron chi connectivity index (χ4n) is 1.50. The lowest BCUT2D eigenvalue weighted by molar-refractivity contribution is 0.0497. The second-order valence-corrected chi connectivity index (χ2v) is 3.49. The van der Waals surface area contributed by atoms with Gasteiger partial charge in [-0.15, -0.1) is 0 Å². The third-order valence-corrected chi connectivity index (χ3v) is 2.37. The minimum atomic E-state index is -1.61. The highest BCUT2D eigenvalue weighted by Crippen LogP contribution is 2.26. The minimum Gasteiger partial charge on any atom is -0.493 e. The van der Waals surface area contributed by atoms with E-state index in [1.807, 2.05) is 6.92 Å². The molecule has 0 saturated carbocycles. The van der Waals surface area contributed by atoms with Crippen molar-refractivity contribution in [3.63, 3.8) is 0 Å². The van der Waals surface area contributed by atoms with Crippen molar-refractivity contribution in [3.8, 4) is 11.5 Å². The van der Waals surface area contributed by atoms with E-state index in [1.54, 1.807) is 12.1 Å². The highest BCUT2D eigenvalue weighted by Gasteiger charge is 2.22. The molecule has 1 aromatic carbocycles. The molecule has 0 radical (unpaired) electrons. The SMILES string of the molecule is CCc1cc(OC)c(OCOC)c(B(O)O)c1. The molecule has 0 unspecified atom stereocenters. The predicted octanol–water partition coefficient (Wildman–Crippen LogP) is -0.0799. The maximum absolute atomic E-state index is 9.32. The van der Waals surface area contributed by atoms with Gasteiger partial charge in [0.05, 0.1) is 7.11 Å². The first-order chi connectivity index (χ1) is 8.13. The van der Waals surface area contributed by atoms with Crippen molar-refractivity contribution in [2.24, 2.45) is 0 Å². The van der Waals surface area contributed by atoms with Crippen LogP contribution < -0.4 is 14.9 Å². The Morgan fingerprint density at radius 3 is 2.41 bits per heavy atom. The number of methoxy groups -OCH3 is 2. The maximum Gasteiger partial charge on any atom is 0.492 e. The lowest BCUT2D eigenvalue weighted by Gasteiger charge is -2.15. The van der Waals surface area contributed by atoms with Crippen molar-refractivity contribution in [2.75, 3.05) is 21.0 Å². The fourth-order valence-corrected chi connectivity index (χ4v) is 1.50. The van der Waals surface area contributed by atoms with Gasteiger partial charge in [0, 0.05) is 12.6 Å². The van der Waals surface area contributed by atoms with E-state index in [0.717, 1.165) is 12.0 Å². The van der Waals surface area contributed by atoms with Crippen LogP contribution in [0, 0.1) is 0 Å². The molecule has 0 aliphatic heterocycles. The molecule has 0 amide bonds. The van der Waals surface area contributed by atoms with Crippen LogP contribution in [0.4, 0.5) is 0 Å². The molecule has 0 aliphatic rings. The zero-order valence-corrected chi connectivity index (χ0v) is 10.3. The van der Waals surface area contributed by atoms with Crippen molar-refractivity contribution in [2.45, 2.75) is 13.3 Å². The topological polar surface area (TPSA) is 68.2 Å². The number of benzene rings is 1. The number of hydrogen-bond acceptors (Lipinski definition) is 5. The van der Waals surface area contributed by atoms with E-state index < -0.39 is 7.12 Å². The quantitative estimate of drug-likeness (QED) is 0.537. The average Bonchev–Trinajstić information content (AvgIpc) is 2.35. The third-order valence-electron chi connectivity index (χ3n) is 2.37. The van der Waals surface area contributed by atoms with E-state index in [2.05, 4.69) is 0 Å². The van der Waals surface area contributed by atoms with E-state index in [-0.39, 0.29) is 12.3 Å². The zero-order chi connectivity index (χ0) is 12.8. The van der Waals surface area contributed by atoms with E-state index in [0.29, 0.717) is 11.5 Å². The van der Waals surface area contributed by atoms with Crippen LogP contribution in [0.2, 0.25) is 0 Å². The molecule has 0 spiro atoms. The van der Waals surface area contributed by atoms with Gasteiger partial charge in [-0.05, 0) is 18.1 Å². The number of ether oxygens (including phenoxy) is 3. The Morgan fingerprint density at radius 1 is 1.24 bits per heavy atom. The molecular weight excluding hydrogens is 223 g/mol. The molecule has 0 saturated heterocycles. The maximum atomic E-state index is 9.32. The number of aryl methyl sites for hydroxylation is 1. The van der Waals surface area contributed by atoms with Crippen LogP contribution in [0.3, 0.4) is 0 Å². The fraction of sp³-hybridized carbons (Fsp3) is 0.455. The summed E-state index contributed by atoms with van der Waals surface area (Å²) in [6, 6.07) is 3.48. The molecule has 0 aliphatic carbocycles. The van der Waals surface area contributed by atoms with E-state index >= 15 is 0 Å². The Labute approximate surface area is 101 Å². The Morgan fingerprint density at radius 2 is 1.94 bits per heavy atom. The Hall–Kier alpha value is -1.24. The largest absolute Gasteiger partial charge is 0.493 e. The molecule has 0 bridgehead atoms. The Bertz CT molecular complexity index is 367. The van der Waals surface area contributed by atoms with Gasteiger partial charge in [0.2, 0.25) is 0 Å². The van der Waals surface area contributed by atoms with Crippen LogP contribution in [0.1, 0.15) is 12.5 Å². The molecule has 17 heavy (non-hydrogen) atoms. The van der Waals surface area contributed by atoms with Gasteiger partial charge < -0.3 is 24.3 Å². The van der Waals surface area contributed by atoms with Gasteiger partial charge in [-0.25, -0.2) is 0 Å².